The Bertz CT molecular complexity index is 1860. The maximum atomic E-state index is 17.1. The number of hydrogen-bond acceptors (Lipinski definition) is 9. The Hall–Kier alpha value is -2.62. The Labute approximate surface area is 268 Å². The van der Waals surface area contributed by atoms with E-state index in [1.165, 1.54) is 6.07 Å². The molecular formula is C31H29F3IN5O3S. The predicted molar refractivity (Wildman–Crippen MR) is 170 cm³/mol. The summed E-state index contributed by atoms with van der Waals surface area (Å²) in [5.74, 6) is 0.0837. The van der Waals surface area contributed by atoms with Crippen LogP contribution in [0.5, 0.6) is 11.8 Å². The normalized spacial score (nSPS) is 28.0. The average Bonchev–Trinajstić information content (AvgIpc) is 3.26. The molecule has 6 heterocycles. The smallest absolute Gasteiger partial charge is 0.319 e. The zero-order chi connectivity index (χ0) is 29.9. The van der Waals surface area contributed by atoms with Crippen LogP contribution in [0.25, 0.3) is 32.1 Å². The van der Waals surface area contributed by atoms with E-state index in [9.17, 15) is 8.78 Å². The van der Waals surface area contributed by atoms with Crippen LogP contribution >= 0.6 is 33.9 Å². The SMILES string of the molecule is Nc1cc2c(-c3c(I)c4c5c(nc(OC[C@@]67CCCN6C[C@H](F)C7)nc5c3F)N(C3CC3)C3COCC3O4)ccc(F)c2s1. The molecule has 4 atom stereocenters. The molecule has 4 aliphatic heterocycles. The second kappa shape index (κ2) is 9.94. The highest BCUT2D eigenvalue weighted by atomic mass is 127. The number of nitrogens with two attached hydrogens (primary N) is 1. The lowest BCUT2D eigenvalue weighted by Gasteiger charge is -2.32. The standard InChI is InChI=1S/C31H29F3IN5O3S/c32-14-9-31(6-1-7-39(31)10-14)13-42-30-37-26-23-27(43-20-12-41-11-19(20)40(15-2-3-15)29(23)38-30)25(35)22(24(26)34)16-4-5-18(33)28-17(16)8-21(36)44-28/h4-5,8,14-15,19-20H,1-3,6-7,9-13,36H2/t14-,19?,20?,31+/m1/s1. The highest BCUT2D eigenvalue weighted by Gasteiger charge is 2.50. The van der Waals surface area contributed by atoms with Crippen LogP contribution in [0.15, 0.2) is 18.2 Å². The van der Waals surface area contributed by atoms with E-state index < -0.39 is 23.3 Å². The molecule has 1 saturated carbocycles. The number of fused-ring (bicyclic) bond motifs is 3. The summed E-state index contributed by atoms with van der Waals surface area (Å²) in [7, 11) is 0. The molecule has 4 fully saturated rings. The lowest BCUT2D eigenvalue weighted by molar-refractivity contribution is 0.107. The highest BCUT2D eigenvalue weighted by Crippen LogP contribution is 2.51. The molecule has 13 heteroatoms. The molecule has 2 unspecified atom stereocenters. The van der Waals surface area contributed by atoms with Crippen molar-refractivity contribution < 1.29 is 27.4 Å². The van der Waals surface area contributed by atoms with E-state index in [1.807, 2.05) is 0 Å². The number of thiophene rings is 1. The van der Waals surface area contributed by atoms with Crippen LogP contribution in [0.4, 0.5) is 24.0 Å². The molecule has 0 spiro atoms. The van der Waals surface area contributed by atoms with Gasteiger partial charge in [-0.2, -0.15) is 9.97 Å². The third-order valence-corrected chi connectivity index (χ3v) is 11.9. The Morgan fingerprint density at radius 2 is 2.07 bits per heavy atom. The van der Waals surface area contributed by atoms with E-state index in [-0.39, 0.29) is 41.9 Å². The van der Waals surface area contributed by atoms with Crippen molar-refractivity contribution in [3.63, 3.8) is 0 Å². The first-order valence-electron chi connectivity index (χ1n) is 15.1. The molecule has 1 aliphatic carbocycles. The first-order valence-corrected chi connectivity index (χ1v) is 17.0. The summed E-state index contributed by atoms with van der Waals surface area (Å²) in [6.45, 7) is 2.33. The number of alkyl halides is 1. The van der Waals surface area contributed by atoms with Gasteiger partial charge in [-0.05, 0) is 72.5 Å². The quantitative estimate of drug-likeness (QED) is 0.248. The van der Waals surface area contributed by atoms with E-state index in [4.69, 9.17) is 29.9 Å². The van der Waals surface area contributed by atoms with E-state index in [0.717, 1.165) is 43.6 Å². The first kappa shape index (κ1) is 27.7. The fourth-order valence-corrected chi connectivity index (χ4v) is 9.59. The van der Waals surface area contributed by atoms with Crippen molar-refractivity contribution in [2.24, 2.45) is 0 Å². The third-order valence-electron chi connectivity index (χ3n) is 9.91. The van der Waals surface area contributed by atoms with Crippen molar-refractivity contribution in [3.05, 3.63) is 33.4 Å². The number of nitrogen functional groups attached to an aromatic ring is 1. The van der Waals surface area contributed by atoms with Crippen molar-refractivity contribution in [3.8, 4) is 22.9 Å². The minimum Gasteiger partial charge on any atom is -0.484 e. The summed E-state index contributed by atoms with van der Waals surface area (Å²) in [6, 6.07) is 4.77. The van der Waals surface area contributed by atoms with Gasteiger partial charge in [0.1, 0.15) is 41.8 Å². The van der Waals surface area contributed by atoms with Crippen molar-refractivity contribution in [1.29, 1.82) is 0 Å². The van der Waals surface area contributed by atoms with Crippen molar-refractivity contribution >= 4 is 65.7 Å². The number of benzene rings is 2. The number of ether oxygens (including phenoxy) is 3. The number of aromatic nitrogens is 2. The predicted octanol–water partition coefficient (Wildman–Crippen LogP) is 6.06. The van der Waals surface area contributed by atoms with Crippen LogP contribution in [0.2, 0.25) is 0 Å². The minimum absolute atomic E-state index is 0.0556. The van der Waals surface area contributed by atoms with Gasteiger partial charge in [0.15, 0.2) is 5.82 Å². The molecule has 230 valence electrons. The molecule has 2 N–H and O–H groups in total. The highest BCUT2D eigenvalue weighted by molar-refractivity contribution is 14.1. The Balaban J connectivity index is 1.26. The van der Waals surface area contributed by atoms with Gasteiger partial charge >= 0.3 is 6.01 Å². The molecule has 0 amide bonds. The maximum Gasteiger partial charge on any atom is 0.319 e. The van der Waals surface area contributed by atoms with Crippen LogP contribution in [-0.2, 0) is 4.74 Å². The number of anilines is 2. The molecule has 0 bridgehead atoms. The lowest BCUT2D eigenvalue weighted by Crippen LogP contribution is -2.46. The van der Waals surface area contributed by atoms with Crippen LogP contribution in [0.1, 0.15) is 32.1 Å². The maximum absolute atomic E-state index is 17.1. The molecule has 2 aromatic heterocycles. The zero-order valence-corrected chi connectivity index (χ0v) is 26.6. The summed E-state index contributed by atoms with van der Waals surface area (Å²) < 4.78 is 66.2. The molecule has 3 saturated heterocycles. The molecule has 5 aliphatic rings. The second-order valence-corrected chi connectivity index (χ2v) is 14.8. The molecule has 4 aromatic rings. The molecule has 2 aromatic carbocycles. The Kier molecular flexibility index (Phi) is 6.25. The van der Waals surface area contributed by atoms with Crippen LogP contribution in [0.3, 0.4) is 0 Å². The molecule has 9 rings (SSSR count). The summed E-state index contributed by atoms with van der Waals surface area (Å²) in [6.07, 6.45) is 3.01. The van der Waals surface area contributed by atoms with Gasteiger partial charge in [-0.15, -0.1) is 11.3 Å². The molecular weight excluding hydrogens is 706 g/mol. The summed E-state index contributed by atoms with van der Waals surface area (Å²) in [4.78, 5) is 14.0. The van der Waals surface area contributed by atoms with Crippen LogP contribution < -0.4 is 20.1 Å². The largest absolute Gasteiger partial charge is 0.484 e. The van der Waals surface area contributed by atoms with Gasteiger partial charge in [0.25, 0.3) is 0 Å². The Morgan fingerprint density at radius 1 is 1.20 bits per heavy atom. The van der Waals surface area contributed by atoms with Crippen LogP contribution in [0, 0.1) is 15.2 Å². The molecule has 0 radical (unpaired) electrons. The van der Waals surface area contributed by atoms with Gasteiger partial charge < -0.3 is 24.8 Å². The summed E-state index contributed by atoms with van der Waals surface area (Å²) in [5.41, 5.74) is 6.52. The Morgan fingerprint density at radius 3 is 2.91 bits per heavy atom. The number of halogens is 4. The minimum atomic E-state index is -0.897. The average molecular weight is 736 g/mol. The van der Waals surface area contributed by atoms with Gasteiger partial charge in [-0.1, -0.05) is 6.07 Å². The van der Waals surface area contributed by atoms with Gasteiger partial charge in [-0.25, -0.2) is 13.2 Å². The fourth-order valence-electron chi connectivity index (χ4n) is 7.81. The number of nitrogens with zero attached hydrogens (tertiary/aromatic N) is 4. The van der Waals surface area contributed by atoms with Gasteiger partial charge in [0.2, 0.25) is 0 Å². The summed E-state index contributed by atoms with van der Waals surface area (Å²) >= 11 is 3.25. The van der Waals surface area contributed by atoms with Crippen molar-refractivity contribution in [2.45, 2.75) is 62.0 Å². The van der Waals surface area contributed by atoms with Gasteiger partial charge in [0, 0.05) is 30.0 Å². The second-order valence-electron chi connectivity index (χ2n) is 12.6. The number of rotatable bonds is 5. The first-order chi connectivity index (χ1) is 21.3. The van der Waals surface area contributed by atoms with Gasteiger partial charge in [0.05, 0.1) is 43.5 Å². The lowest BCUT2D eigenvalue weighted by atomic mass is 9.95. The zero-order valence-electron chi connectivity index (χ0n) is 23.6. The number of hydrogen-bond donors (Lipinski definition) is 1. The van der Waals surface area contributed by atoms with Crippen LogP contribution in [-0.4, -0.2) is 77.7 Å². The fraction of sp³-hybridized carbons (Fsp3) is 0.484. The third kappa shape index (κ3) is 4.07. The summed E-state index contributed by atoms with van der Waals surface area (Å²) in [5, 5.41) is 1.46. The van der Waals surface area contributed by atoms with Crippen molar-refractivity contribution in [2.75, 3.05) is 43.5 Å². The van der Waals surface area contributed by atoms with E-state index >= 15 is 4.39 Å². The van der Waals surface area contributed by atoms with E-state index in [0.29, 0.717) is 67.4 Å². The monoisotopic (exact) mass is 735 g/mol. The van der Waals surface area contributed by atoms with E-state index in [2.05, 4.69) is 32.4 Å². The van der Waals surface area contributed by atoms with E-state index in [1.54, 1.807) is 12.1 Å². The van der Waals surface area contributed by atoms with Crippen molar-refractivity contribution in [1.82, 2.24) is 14.9 Å². The molecule has 8 nitrogen and oxygen atoms in total. The molecule has 44 heavy (non-hydrogen) atoms. The van der Waals surface area contributed by atoms with Gasteiger partial charge in [-0.3, -0.25) is 4.90 Å². The topological polar surface area (TPSA) is 86.0 Å².